The molecule has 1 aromatic heterocycles. The largest absolute Gasteiger partial charge is 0.367 e. The van der Waals surface area contributed by atoms with Gasteiger partial charge >= 0.3 is 0 Å². The summed E-state index contributed by atoms with van der Waals surface area (Å²) in [6.45, 7) is 3.70. The monoisotopic (exact) mass is 316 g/mol. The van der Waals surface area contributed by atoms with Crippen LogP contribution in [-0.2, 0) is 0 Å². The fourth-order valence-electron chi connectivity index (χ4n) is 1.82. The summed E-state index contributed by atoms with van der Waals surface area (Å²) in [7, 11) is 0. The average Bonchev–Trinajstić information content (AvgIpc) is 2.58. The fraction of sp³-hybridized carbons (Fsp3) is 0.250. The normalized spacial score (nSPS) is 11.2. The Morgan fingerprint density at radius 2 is 1.83 bits per heavy atom. The maximum atomic E-state index is 13.9. The lowest BCUT2D eigenvalue weighted by Crippen LogP contribution is -1.98. The second kappa shape index (κ2) is 4.68. The molecule has 0 saturated heterocycles. The van der Waals surface area contributed by atoms with Gasteiger partial charge in [-0.3, -0.25) is 0 Å². The van der Waals surface area contributed by atoms with Gasteiger partial charge in [0, 0.05) is 10.0 Å². The first-order valence-corrected chi connectivity index (χ1v) is 6.11. The van der Waals surface area contributed by atoms with Crippen LogP contribution >= 0.6 is 15.9 Å². The zero-order valence-electron chi connectivity index (χ0n) is 9.80. The Kier molecular flexibility index (Phi) is 3.38. The van der Waals surface area contributed by atoms with Gasteiger partial charge in [-0.15, -0.1) is 0 Å². The lowest BCUT2D eigenvalue weighted by atomic mass is 9.98. The maximum absolute atomic E-state index is 13.9. The number of halogens is 3. The molecule has 0 radical (unpaired) electrons. The zero-order chi connectivity index (χ0) is 13.4. The molecule has 0 aliphatic heterocycles. The molecule has 1 aromatic carbocycles. The molecule has 96 valence electrons. The van der Waals surface area contributed by atoms with Crippen molar-refractivity contribution in [1.82, 2.24) is 5.16 Å². The molecule has 0 unspecified atom stereocenters. The van der Waals surface area contributed by atoms with E-state index in [-0.39, 0.29) is 23.1 Å². The first-order valence-electron chi connectivity index (χ1n) is 5.31. The van der Waals surface area contributed by atoms with Gasteiger partial charge in [0.2, 0.25) is 5.88 Å². The third-order valence-electron chi connectivity index (χ3n) is 2.58. The number of nitrogens with zero attached hydrogens (tertiary/aromatic N) is 1. The van der Waals surface area contributed by atoms with E-state index in [9.17, 15) is 8.78 Å². The van der Waals surface area contributed by atoms with Crippen molar-refractivity contribution >= 4 is 21.8 Å². The van der Waals surface area contributed by atoms with Gasteiger partial charge < -0.3 is 10.3 Å². The van der Waals surface area contributed by atoms with Crippen molar-refractivity contribution < 1.29 is 13.3 Å². The van der Waals surface area contributed by atoms with E-state index >= 15 is 0 Å². The highest BCUT2D eigenvalue weighted by Crippen LogP contribution is 2.36. The number of hydrogen-bond donors (Lipinski definition) is 1. The van der Waals surface area contributed by atoms with Crippen LogP contribution in [0.4, 0.5) is 14.7 Å². The highest BCUT2D eigenvalue weighted by atomic mass is 79.9. The first-order chi connectivity index (χ1) is 8.41. The molecule has 0 amide bonds. The van der Waals surface area contributed by atoms with E-state index in [0.717, 1.165) is 0 Å². The minimum atomic E-state index is -0.711. The summed E-state index contributed by atoms with van der Waals surface area (Å²) in [5.41, 5.74) is 6.03. The van der Waals surface area contributed by atoms with Crippen LogP contribution in [0.3, 0.4) is 0 Å². The molecular formula is C12H11BrF2N2O. The van der Waals surface area contributed by atoms with Gasteiger partial charge in [0.15, 0.2) is 0 Å². The molecule has 0 aliphatic carbocycles. The van der Waals surface area contributed by atoms with Crippen molar-refractivity contribution in [3.05, 3.63) is 33.8 Å². The topological polar surface area (TPSA) is 52.0 Å². The van der Waals surface area contributed by atoms with Gasteiger partial charge in [0.25, 0.3) is 0 Å². The minimum Gasteiger partial charge on any atom is -0.367 e. The highest BCUT2D eigenvalue weighted by Gasteiger charge is 2.24. The van der Waals surface area contributed by atoms with Gasteiger partial charge in [-0.25, -0.2) is 8.78 Å². The Morgan fingerprint density at radius 1 is 1.28 bits per heavy atom. The molecule has 0 aliphatic rings. The Balaban J connectivity index is 2.70. The molecular weight excluding hydrogens is 306 g/mol. The van der Waals surface area contributed by atoms with Crippen molar-refractivity contribution in [2.75, 3.05) is 5.73 Å². The fourth-order valence-corrected chi connectivity index (χ4v) is 2.22. The third kappa shape index (κ3) is 2.12. The van der Waals surface area contributed by atoms with Crippen LogP contribution in [0.25, 0.3) is 11.3 Å². The van der Waals surface area contributed by atoms with Crippen LogP contribution in [0.5, 0.6) is 0 Å². The minimum absolute atomic E-state index is 0.0475. The van der Waals surface area contributed by atoms with Crippen LogP contribution in [0, 0.1) is 11.6 Å². The van der Waals surface area contributed by atoms with Crippen molar-refractivity contribution in [3.63, 3.8) is 0 Å². The number of benzene rings is 1. The average molecular weight is 317 g/mol. The molecule has 2 N–H and O–H groups in total. The smallest absolute Gasteiger partial charge is 0.226 e. The van der Waals surface area contributed by atoms with E-state index in [1.165, 1.54) is 12.1 Å². The maximum Gasteiger partial charge on any atom is 0.226 e. The molecule has 0 saturated carbocycles. The molecule has 1 heterocycles. The first kappa shape index (κ1) is 13.0. The van der Waals surface area contributed by atoms with Gasteiger partial charge in [-0.1, -0.05) is 34.9 Å². The number of nitrogen functional groups attached to an aromatic ring is 1. The van der Waals surface area contributed by atoms with Crippen molar-refractivity contribution in [2.24, 2.45) is 0 Å². The third-order valence-corrected chi connectivity index (χ3v) is 3.03. The van der Waals surface area contributed by atoms with Crippen LogP contribution in [-0.4, -0.2) is 5.16 Å². The van der Waals surface area contributed by atoms with Crippen LogP contribution in [0.2, 0.25) is 0 Å². The summed E-state index contributed by atoms with van der Waals surface area (Å²) in [6.07, 6.45) is 0. The van der Waals surface area contributed by atoms with Crippen molar-refractivity contribution in [2.45, 2.75) is 19.8 Å². The summed E-state index contributed by atoms with van der Waals surface area (Å²) in [4.78, 5) is 0. The standard InChI is InChI=1S/C12H11BrF2N2O/c1-5(2)9-11(17-18-12(9)16)10-7(14)3-6(13)4-8(10)15/h3-5H,16H2,1-2H3. The van der Waals surface area contributed by atoms with Gasteiger partial charge in [0.05, 0.1) is 5.56 Å². The lowest BCUT2D eigenvalue weighted by molar-refractivity contribution is 0.437. The van der Waals surface area contributed by atoms with Crippen molar-refractivity contribution in [1.29, 1.82) is 0 Å². The molecule has 2 aromatic rings. The summed E-state index contributed by atoms with van der Waals surface area (Å²) in [5.74, 6) is -1.38. The summed E-state index contributed by atoms with van der Waals surface area (Å²) < 4.78 is 32.9. The van der Waals surface area contributed by atoms with E-state index in [1.54, 1.807) is 0 Å². The molecule has 0 bridgehead atoms. The second-order valence-electron chi connectivity index (χ2n) is 4.21. The predicted octanol–water partition coefficient (Wildman–Crippen LogP) is 4.09. The highest BCUT2D eigenvalue weighted by molar-refractivity contribution is 9.10. The van der Waals surface area contributed by atoms with Gasteiger partial charge in [-0.05, 0) is 18.1 Å². The Morgan fingerprint density at radius 3 is 2.33 bits per heavy atom. The number of aromatic nitrogens is 1. The lowest BCUT2D eigenvalue weighted by Gasteiger charge is -2.07. The number of anilines is 1. The Bertz CT molecular complexity index is 573. The zero-order valence-corrected chi connectivity index (χ0v) is 11.4. The number of rotatable bonds is 2. The second-order valence-corrected chi connectivity index (χ2v) is 5.12. The van der Waals surface area contributed by atoms with E-state index in [0.29, 0.717) is 10.0 Å². The summed E-state index contributed by atoms with van der Waals surface area (Å²) >= 11 is 3.02. The summed E-state index contributed by atoms with van der Waals surface area (Å²) in [5, 5.41) is 3.66. The van der Waals surface area contributed by atoms with E-state index in [4.69, 9.17) is 10.3 Å². The number of nitrogens with two attached hydrogens (primary N) is 1. The molecule has 2 rings (SSSR count). The van der Waals surface area contributed by atoms with E-state index in [2.05, 4.69) is 21.1 Å². The predicted molar refractivity (Wildman–Crippen MR) is 68.1 cm³/mol. The van der Waals surface area contributed by atoms with Crippen molar-refractivity contribution in [3.8, 4) is 11.3 Å². The Labute approximate surface area is 111 Å². The summed E-state index contributed by atoms with van der Waals surface area (Å²) in [6, 6.07) is 2.35. The van der Waals surface area contributed by atoms with Gasteiger partial charge in [-0.2, -0.15) is 0 Å². The molecule has 3 nitrogen and oxygen atoms in total. The SMILES string of the molecule is CC(C)c1c(-c2c(F)cc(Br)cc2F)noc1N. The molecule has 0 atom stereocenters. The molecule has 18 heavy (non-hydrogen) atoms. The van der Waals surface area contributed by atoms with Crippen LogP contribution in [0.15, 0.2) is 21.1 Å². The number of hydrogen-bond acceptors (Lipinski definition) is 3. The quantitative estimate of drug-likeness (QED) is 0.908. The molecule has 0 fully saturated rings. The molecule has 0 spiro atoms. The van der Waals surface area contributed by atoms with Crippen LogP contribution in [0.1, 0.15) is 25.3 Å². The van der Waals surface area contributed by atoms with Gasteiger partial charge in [0.1, 0.15) is 17.3 Å². The molecule has 6 heteroatoms. The van der Waals surface area contributed by atoms with E-state index < -0.39 is 11.6 Å². The van der Waals surface area contributed by atoms with Crippen LogP contribution < -0.4 is 5.73 Å². The Hall–Kier alpha value is -1.43. The van der Waals surface area contributed by atoms with E-state index in [1.807, 2.05) is 13.8 Å².